The maximum absolute atomic E-state index is 12.0. The van der Waals surface area contributed by atoms with Crippen molar-refractivity contribution in [2.75, 3.05) is 33.3 Å². The first kappa shape index (κ1) is 24.7. The van der Waals surface area contributed by atoms with E-state index in [9.17, 15) is 34.5 Å². The van der Waals surface area contributed by atoms with Crippen molar-refractivity contribution < 1.29 is 49.4 Å². The fourth-order valence-electron chi connectivity index (χ4n) is 2.83. The zero-order valence-electron chi connectivity index (χ0n) is 16.4. The number of phenolic OH excluding ortho intramolecular Hbond substituents is 1. The predicted octanol–water partition coefficient (Wildman–Crippen LogP) is -0.227. The van der Waals surface area contributed by atoms with E-state index in [4.69, 9.17) is 14.9 Å². The number of carbonyl (C=O) groups is 4. The first-order valence-electron chi connectivity index (χ1n) is 8.72. The second-order valence-electron chi connectivity index (χ2n) is 6.41. The van der Waals surface area contributed by atoms with Gasteiger partial charge in [-0.3, -0.25) is 29.0 Å². The van der Waals surface area contributed by atoms with Gasteiger partial charge >= 0.3 is 23.9 Å². The number of hydrogen-bond donors (Lipinski definition) is 5. The molecule has 0 aliphatic heterocycles. The normalized spacial score (nSPS) is 13.1. The van der Waals surface area contributed by atoms with Crippen molar-refractivity contribution in [2.45, 2.75) is 19.0 Å². The van der Waals surface area contributed by atoms with Gasteiger partial charge < -0.3 is 30.3 Å². The lowest BCUT2D eigenvalue weighted by Crippen LogP contribution is -2.48. The van der Waals surface area contributed by atoms with E-state index >= 15 is 0 Å². The molecule has 0 amide bonds. The van der Waals surface area contributed by atoms with Crippen LogP contribution in [0, 0.1) is 0 Å². The summed E-state index contributed by atoms with van der Waals surface area (Å²) in [5.74, 6) is -5.58. The molecule has 0 radical (unpaired) electrons. The number of carboxylic acids is 4. The first-order valence-corrected chi connectivity index (χ1v) is 8.72. The Bertz CT molecular complexity index is 797. The van der Waals surface area contributed by atoms with Crippen LogP contribution in [0.25, 0.3) is 0 Å². The highest BCUT2D eigenvalue weighted by atomic mass is 16.5. The minimum Gasteiger partial charge on any atom is -0.508 e. The summed E-state index contributed by atoms with van der Waals surface area (Å²) < 4.78 is 5.02. The van der Waals surface area contributed by atoms with Gasteiger partial charge in [-0.05, 0) is 25.1 Å². The molecule has 5 N–H and O–H groups in total. The molecule has 2 atom stereocenters. The molecule has 1 aromatic rings. The van der Waals surface area contributed by atoms with Crippen molar-refractivity contribution >= 4 is 23.9 Å². The van der Waals surface area contributed by atoms with Crippen LogP contribution in [0.4, 0.5) is 0 Å². The third-order valence-corrected chi connectivity index (χ3v) is 4.38. The van der Waals surface area contributed by atoms with E-state index in [0.29, 0.717) is 0 Å². The van der Waals surface area contributed by atoms with Crippen LogP contribution in [0.15, 0.2) is 18.2 Å². The molecule has 0 fully saturated rings. The minimum absolute atomic E-state index is 0.126. The van der Waals surface area contributed by atoms with Crippen LogP contribution >= 0.6 is 0 Å². The molecule has 0 spiro atoms. The number of ether oxygens (including phenoxy) is 1. The summed E-state index contributed by atoms with van der Waals surface area (Å²) >= 11 is 0. The molecule has 1 unspecified atom stereocenters. The van der Waals surface area contributed by atoms with Gasteiger partial charge in [0.05, 0.1) is 20.2 Å². The Morgan fingerprint density at radius 3 is 1.93 bits per heavy atom. The fraction of sp³-hybridized carbons (Fsp3) is 0.444. The molecule has 166 valence electrons. The van der Waals surface area contributed by atoms with E-state index in [1.165, 1.54) is 32.2 Å². The first-order chi connectivity index (χ1) is 14.0. The van der Waals surface area contributed by atoms with E-state index in [0.717, 1.165) is 9.80 Å². The van der Waals surface area contributed by atoms with E-state index < -0.39 is 54.8 Å². The van der Waals surface area contributed by atoms with E-state index in [2.05, 4.69) is 0 Å². The highest BCUT2D eigenvalue weighted by Gasteiger charge is 2.33. The monoisotopic (exact) mass is 428 g/mol. The van der Waals surface area contributed by atoms with Crippen LogP contribution in [-0.4, -0.2) is 98.5 Å². The smallest absolute Gasteiger partial charge is 0.325 e. The lowest BCUT2D eigenvalue weighted by atomic mass is 10.0. The summed E-state index contributed by atoms with van der Waals surface area (Å²) in [4.78, 5) is 47.6. The van der Waals surface area contributed by atoms with Crippen LogP contribution < -0.4 is 4.74 Å². The molecule has 1 rings (SSSR count). The average Bonchev–Trinajstić information content (AvgIpc) is 2.64. The Kier molecular flexibility index (Phi) is 9.02. The molecule has 0 saturated heterocycles. The molecule has 12 nitrogen and oxygen atoms in total. The lowest BCUT2D eigenvalue weighted by molar-refractivity contribution is -0.150. The molecule has 0 heterocycles. The average molecular weight is 428 g/mol. The quantitative estimate of drug-likeness (QED) is 0.278. The molecule has 0 bridgehead atoms. The zero-order valence-corrected chi connectivity index (χ0v) is 16.4. The van der Waals surface area contributed by atoms with Gasteiger partial charge in [0, 0.05) is 18.7 Å². The van der Waals surface area contributed by atoms with E-state index in [1.54, 1.807) is 0 Å². The Labute approximate surface area is 171 Å². The van der Waals surface area contributed by atoms with Crippen molar-refractivity contribution in [3.8, 4) is 11.5 Å². The Morgan fingerprint density at radius 1 is 0.933 bits per heavy atom. The number of hydrogen-bond acceptors (Lipinski definition) is 8. The summed E-state index contributed by atoms with van der Waals surface area (Å²) in [5, 5.41) is 47.2. The number of aromatic hydroxyl groups is 1. The SMILES string of the molecule is COc1ccc(O)c([C@@H](C(=O)O)N(CCN(CC(=O)O)C(C)C(=O)O)CC(=O)O)c1. The Hall–Kier alpha value is -3.38. The van der Waals surface area contributed by atoms with Gasteiger partial charge in [-0.25, -0.2) is 0 Å². The van der Waals surface area contributed by atoms with Crippen molar-refractivity contribution in [2.24, 2.45) is 0 Å². The standard InChI is InChI=1S/C18H24N2O10/c1-10(17(26)27)19(8-14(22)23)5-6-20(9-15(24)25)16(18(28)29)12-7-11(30-2)3-4-13(12)21/h3-4,7,10,16,21H,5-6,8-9H2,1-2H3,(H,22,23)(H,24,25)(H,26,27)(H,28,29)/t10?,16-/m0/s1. The van der Waals surface area contributed by atoms with Crippen LogP contribution in [0.1, 0.15) is 18.5 Å². The Balaban J connectivity index is 3.26. The molecule has 0 aromatic heterocycles. The molecular formula is C18H24N2O10. The second-order valence-corrected chi connectivity index (χ2v) is 6.41. The number of carboxylic acid groups (broad SMARTS) is 4. The molecule has 0 saturated carbocycles. The van der Waals surface area contributed by atoms with Crippen molar-refractivity contribution in [1.29, 1.82) is 0 Å². The fourth-order valence-corrected chi connectivity index (χ4v) is 2.83. The van der Waals surface area contributed by atoms with Gasteiger partial charge in [0.1, 0.15) is 23.6 Å². The van der Waals surface area contributed by atoms with Gasteiger partial charge in [-0.1, -0.05) is 0 Å². The van der Waals surface area contributed by atoms with Crippen molar-refractivity contribution in [1.82, 2.24) is 9.80 Å². The zero-order chi connectivity index (χ0) is 23.0. The van der Waals surface area contributed by atoms with Crippen LogP contribution in [0.2, 0.25) is 0 Å². The van der Waals surface area contributed by atoms with Crippen LogP contribution in [0.3, 0.4) is 0 Å². The molecule has 0 aliphatic carbocycles. The number of aliphatic carboxylic acids is 4. The summed E-state index contributed by atoms with van der Waals surface area (Å²) in [5.41, 5.74) is -0.126. The van der Waals surface area contributed by atoms with Gasteiger partial charge in [-0.2, -0.15) is 0 Å². The third-order valence-electron chi connectivity index (χ3n) is 4.38. The maximum atomic E-state index is 12.0. The van der Waals surface area contributed by atoms with Gasteiger partial charge in [-0.15, -0.1) is 0 Å². The minimum atomic E-state index is -1.61. The molecule has 30 heavy (non-hydrogen) atoms. The number of phenols is 1. The lowest BCUT2D eigenvalue weighted by Gasteiger charge is -2.31. The predicted molar refractivity (Wildman–Crippen MR) is 101 cm³/mol. The summed E-state index contributed by atoms with van der Waals surface area (Å²) in [6.45, 7) is -0.686. The second kappa shape index (κ2) is 11.0. The van der Waals surface area contributed by atoms with Gasteiger partial charge in [0.2, 0.25) is 0 Å². The van der Waals surface area contributed by atoms with Crippen molar-refractivity contribution in [3.05, 3.63) is 23.8 Å². The maximum Gasteiger partial charge on any atom is 0.325 e. The van der Waals surface area contributed by atoms with E-state index in [-0.39, 0.29) is 24.4 Å². The van der Waals surface area contributed by atoms with Crippen molar-refractivity contribution in [3.63, 3.8) is 0 Å². The van der Waals surface area contributed by atoms with Crippen LogP contribution in [-0.2, 0) is 19.2 Å². The topological polar surface area (TPSA) is 185 Å². The number of nitrogens with zero attached hydrogens (tertiary/aromatic N) is 2. The van der Waals surface area contributed by atoms with E-state index in [1.807, 2.05) is 0 Å². The Morgan fingerprint density at radius 2 is 1.47 bits per heavy atom. The molecular weight excluding hydrogens is 404 g/mol. The largest absolute Gasteiger partial charge is 0.508 e. The summed E-state index contributed by atoms with van der Waals surface area (Å²) in [7, 11) is 1.33. The highest BCUT2D eigenvalue weighted by molar-refractivity contribution is 5.78. The molecule has 0 aliphatic rings. The van der Waals surface area contributed by atoms with Crippen LogP contribution in [0.5, 0.6) is 11.5 Å². The number of methoxy groups -OCH3 is 1. The number of rotatable bonds is 13. The van der Waals surface area contributed by atoms with Gasteiger partial charge in [0.25, 0.3) is 0 Å². The summed E-state index contributed by atoms with van der Waals surface area (Å²) in [6.07, 6.45) is 0. The summed E-state index contributed by atoms with van der Waals surface area (Å²) in [6, 6.07) is 1.02. The number of benzene rings is 1. The third kappa shape index (κ3) is 6.90. The molecule has 12 heteroatoms. The molecule has 1 aromatic carbocycles. The van der Waals surface area contributed by atoms with Gasteiger partial charge in [0.15, 0.2) is 0 Å². The highest BCUT2D eigenvalue weighted by Crippen LogP contribution is 2.32.